The van der Waals surface area contributed by atoms with Gasteiger partial charge in [-0.15, -0.1) is 10.2 Å². The fourth-order valence-electron chi connectivity index (χ4n) is 0.788. The van der Waals surface area contributed by atoms with Gasteiger partial charge < -0.3 is 0 Å². The van der Waals surface area contributed by atoms with E-state index >= 15 is 0 Å². The van der Waals surface area contributed by atoms with Gasteiger partial charge in [0, 0.05) is 7.05 Å². The summed E-state index contributed by atoms with van der Waals surface area (Å²) in [5.74, 6) is 0. The zero-order valence-corrected chi connectivity index (χ0v) is 6.61. The van der Waals surface area contributed by atoms with E-state index in [9.17, 15) is 26.3 Å². The van der Waals surface area contributed by atoms with Gasteiger partial charge >= 0.3 is 12.4 Å². The number of aromatic nitrogens is 3. The average molecular weight is 219 g/mol. The lowest BCUT2D eigenvalue weighted by Gasteiger charge is -2.06. The largest absolute Gasteiger partial charge is 0.437 e. The van der Waals surface area contributed by atoms with Crippen molar-refractivity contribution < 1.29 is 26.3 Å². The van der Waals surface area contributed by atoms with E-state index in [1.165, 1.54) is 0 Å². The standard InChI is InChI=1S/C5H3F6N3/c1-14-12-2(4(6,7)8)3(13-14)5(9,10)11/h1H3. The van der Waals surface area contributed by atoms with Gasteiger partial charge in [-0.1, -0.05) is 0 Å². The van der Waals surface area contributed by atoms with Crippen LogP contribution in [0.5, 0.6) is 0 Å². The van der Waals surface area contributed by atoms with Crippen LogP contribution in [0, 0.1) is 0 Å². The van der Waals surface area contributed by atoms with Crippen molar-refractivity contribution in [3.8, 4) is 0 Å². The van der Waals surface area contributed by atoms with Crippen molar-refractivity contribution in [2.75, 3.05) is 0 Å². The lowest BCUT2D eigenvalue weighted by molar-refractivity contribution is -0.165. The van der Waals surface area contributed by atoms with Crippen LogP contribution in [0.3, 0.4) is 0 Å². The molecule has 9 heteroatoms. The highest BCUT2D eigenvalue weighted by Gasteiger charge is 2.47. The van der Waals surface area contributed by atoms with Crippen molar-refractivity contribution >= 4 is 0 Å². The molecule has 0 aliphatic heterocycles. The van der Waals surface area contributed by atoms with E-state index in [2.05, 4.69) is 10.2 Å². The zero-order valence-electron chi connectivity index (χ0n) is 6.61. The molecule has 0 aliphatic carbocycles. The maximum absolute atomic E-state index is 12.0. The van der Waals surface area contributed by atoms with Gasteiger partial charge in [-0.25, -0.2) is 0 Å². The minimum atomic E-state index is -5.15. The summed E-state index contributed by atoms with van der Waals surface area (Å²) in [5, 5.41) is 5.22. The Morgan fingerprint density at radius 2 is 1.14 bits per heavy atom. The van der Waals surface area contributed by atoms with E-state index in [0.717, 1.165) is 7.05 Å². The molecule has 1 heterocycles. The van der Waals surface area contributed by atoms with Crippen LogP contribution in [0.4, 0.5) is 26.3 Å². The van der Waals surface area contributed by atoms with E-state index < -0.39 is 23.7 Å². The predicted molar refractivity (Wildman–Crippen MR) is 31.0 cm³/mol. The third-order valence-corrected chi connectivity index (χ3v) is 1.25. The molecular formula is C5H3F6N3. The molecule has 0 atom stereocenters. The van der Waals surface area contributed by atoms with Crippen LogP contribution < -0.4 is 0 Å². The summed E-state index contributed by atoms with van der Waals surface area (Å²) >= 11 is 0. The van der Waals surface area contributed by atoms with E-state index in [-0.39, 0.29) is 4.80 Å². The minimum Gasteiger partial charge on any atom is -0.187 e. The summed E-state index contributed by atoms with van der Waals surface area (Å²) in [6.45, 7) is 0. The topological polar surface area (TPSA) is 30.7 Å². The Bertz CT molecular complexity index is 303. The maximum Gasteiger partial charge on any atom is 0.437 e. The fourth-order valence-corrected chi connectivity index (χ4v) is 0.788. The smallest absolute Gasteiger partial charge is 0.187 e. The number of hydrogen-bond acceptors (Lipinski definition) is 2. The van der Waals surface area contributed by atoms with Gasteiger partial charge in [0.15, 0.2) is 11.4 Å². The van der Waals surface area contributed by atoms with Crippen LogP contribution in [0.15, 0.2) is 0 Å². The van der Waals surface area contributed by atoms with Crippen molar-refractivity contribution in [2.45, 2.75) is 12.4 Å². The van der Waals surface area contributed by atoms with Gasteiger partial charge in [0.25, 0.3) is 0 Å². The molecule has 0 aromatic carbocycles. The number of rotatable bonds is 0. The number of hydrogen-bond donors (Lipinski definition) is 0. The Labute approximate surface area is 73.3 Å². The van der Waals surface area contributed by atoms with Crippen LogP contribution >= 0.6 is 0 Å². The third-order valence-electron chi connectivity index (χ3n) is 1.25. The highest BCUT2D eigenvalue weighted by atomic mass is 19.4. The van der Waals surface area contributed by atoms with Crippen molar-refractivity contribution in [3.63, 3.8) is 0 Å². The van der Waals surface area contributed by atoms with E-state index in [4.69, 9.17) is 0 Å². The first kappa shape index (κ1) is 10.8. The second-order valence-electron chi connectivity index (χ2n) is 2.38. The first-order valence-corrected chi connectivity index (χ1v) is 3.18. The Hall–Kier alpha value is -1.28. The normalized spacial score (nSPS) is 13.4. The zero-order chi connectivity index (χ0) is 11.1. The van der Waals surface area contributed by atoms with Gasteiger partial charge in [-0.2, -0.15) is 31.1 Å². The number of halogens is 6. The molecule has 1 rings (SSSR count). The maximum atomic E-state index is 12.0. The van der Waals surface area contributed by atoms with Crippen molar-refractivity contribution in [2.24, 2.45) is 7.05 Å². The Morgan fingerprint density at radius 3 is 1.36 bits per heavy atom. The van der Waals surface area contributed by atoms with Gasteiger partial charge in [0.1, 0.15) is 0 Å². The molecule has 0 saturated carbocycles. The summed E-state index contributed by atoms with van der Waals surface area (Å²) < 4.78 is 71.9. The predicted octanol–water partition coefficient (Wildman–Crippen LogP) is 1.85. The molecule has 1 aromatic heterocycles. The second kappa shape index (κ2) is 2.85. The molecule has 0 fully saturated rings. The molecule has 0 unspecified atom stereocenters. The number of alkyl halides is 6. The lowest BCUT2D eigenvalue weighted by Crippen LogP contribution is -2.16. The van der Waals surface area contributed by atoms with Gasteiger partial charge in [-0.3, -0.25) is 0 Å². The molecule has 0 spiro atoms. The van der Waals surface area contributed by atoms with Crippen molar-refractivity contribution in [1.29, 1.82) is 0 Å². The Balaban J connectivity index is 3.31. The highest BCUT2D eigenvalue weighted by molar-refractivity contribution is 5.15. The molecule has 0 N–H and O–H groups in total. The van der Waals surface area contributed by atoms with Crippen molar-refractivity contribution in [1.82, 2.24) is 15.0 Å². The molecule has 0 amide bonds. The SMILES string of the molecule is Cn1nc(C(F)(F)F)c(C(F)(F)F)n1. The molecule has 0 bridgehead atoms. The van der Waals surface area contributed by atoms with Crippen LogP contribution in [-0.4, -0.2) is 15.0 Å². The first-order chi connectivity index (χ1) is 6.12. The summed E-state index contributed by atoms with van der Waals surface area (Å²) in [7, 11) is 0.879. The first-order valence-electron chi connectivity index (χ1n) is 3.18. The lowest BCUT2D eigenvalue weighted by atomic mass is 10.3. The Kier molecular flexibility index (Phi) is 2.20. The fraction of sp³-hybridized carbons (Fsp3) is 0.600. The van der Waals surface area contributed by atoms with Crippen molar-refractivity contribution in [3.05, 3.63) is 11.4 Å². The van der Waals surface area contributed by atoms with Crippen LogP contribution in [0.25, 0.3) is 0 Å². The summed E-state index contributed by atoms with van der Waals surface area (Å²) in [6.07, 6.45) is -10.3. The molecule has 1 aromatic rings. The summed E-state index contributed by atoms with van der Waals surface area (Å²) in [5.41, 5.74) is -4.04. The average Bonchev–Trinajstić information content (AvgIpc) is 2.27. The van der Waals surface area contributed by atoms with E-state index in [1.807, 2.05) is 0 Å². The minimum absolute atomic E-state index is 0.228. The number of nitrogens with zero attached hydrogens (tertiary/aromatic N) is 3. The van der Waals surface area contributed by atoms with E-state index in [0.29, 0.717) is 0 Å². The van der Waals surface area contributed by atoms with Crippen LogP contribution in [-0.2, 0) is 19.4 Å². The molecule has 3 nitrogen and oxygen atoms in total. The van der Waals surface area contributed by atoms with Gasteiger partial charge in [0.05, 0.1) is 0 Å². The van der Waals surface area contributed by atoms with Crippen LogP contribution in [0.1, 0.15) is 11.4 Å². The Morgan fingerprint density at radius 1 is 0.857 bits per heavy atom. The molecule has 0 radical (unpaired) electrons. The summed E-state index contributed by atoms with van der Waals surface area (Å²) in [6, 6.07) is 0. The molecule has 0 saturated heterocycles. The van der Waals surface area contributed by atoms with Gasteiger partial charge in [-0.05, 0) is 0 Å². The molecule has 0 aliphatic rings. The highest BCUT2D eigenvalue weighted by Crippen LogP contribution is 2.37. The summed E-state index contributed by atoms with van der Waals surface area (Å²) in [4.78, 5) is 0.228. The quantitative estimate of drug-likeness (QED) is 0.623. The monoisotopic (exact) mass is 219 g/mol. The van der Waals surface area contributed by atoms with Crippen LogP contribution in [0.2, 0.25) is 0 Å². The van der Waals surface area contributed by atoms with E-state index in [1.54, 1.807) is 0 Å². The third kappa shape index (κ3) is 1.96. The molecule has 80 valence electrons. The number of aryl methyl sites for hydroxylation is 1. The van der Waals surface area contributed by atoms with Gasteiger partial charge in [0.2, 0.25) is 0 Å². The molecule has 14 heavy (non-hydrogen) atoms. The second-order valence-corrected chi connectivity index (χ2v) is 2.38. The molecular weight excluding hydrogens is 216 g/mol.